The van der Waals surface area contributed by atoms with E-state index >= 15 is 0 Å². The van der Waals surface area contributed by atoms with Crippen LogP contribution < -0.4 is 4.18 Å². The quantitative estimate of drug-likeness (QED) is 0.655. The van der Waals surface area contributed by atoms with Crippen molar-refractivity contribution in [1.29, 1.82) is 0 Å². The maximum absolute atomic E-state index is 12.4. The zero-order valence-corrected chi connectivity index (χ0v) is 14.4. The summed E-state index contributed by atoms with van der Waals surface area (Å²) in [6.07, 6.45) is 0. The summed E-state index contributed by atoms with van der Waals surface area (Å²) in [5, 5.41) is 4.26. The minimum Gasteiger partial charge on any atom is -0.379 e. The number of aromatic nitrogens is 2. The maximum Gasteiger partial charge on any atom is 0.339 e. The van der Waals surface area contributed by atoms with Crippen molar-refractivity contribution in [1.82, 2.24) is 10.1 Å². The molecule has 3 rings (SSSR count). The van der Waals surface area contributed by atoms with E-state index in [-0.39, 0.29) is 10.6 Å². The lowest BCUT2D eigenvalue weighted by molar-refractivity contribution is 0.394. The normalized spacial score (nSPS) is 11.5. The molecule has 1 aromatic heterocycles. The highest BCUT2D eigenvalue weighted by molar-refractivity contribution is 7.87. The summed E-state index contributed by atoms with van der Waals surface area (Å²) in [4.78, 5) is 4.18. The summed E-state index contributed by atoms with van der Waals surface area (Å²) in [7, 11) is -3.94. The smallest absolute Gasteiger partial charge is 0.339 e. The topological polar surface area (TPSA) is 82.3 Å². The van der Waals surface area contributed by atoms with E-state index in [4.69, 9.17) is 20.3 Å². The van der Waals surface area contributed by atoms with Crippen molar-refractivity contribution in [2.45, 2.75) is 18.7 Å². The van der Waals surface area contributed by atoms with Gasteiger partial charge in [0.1, 0.15) is 10.6 Å². The van der Waals surface area contributed by atoms with Crippen molar-refractivity contribution in [2.75, 3.05) is 0 Å². The van der Waals surface area contributed by atoms with Gasteiger partial charge in [-0.25, -0.2) is 0 Å². The minimum absolute atomic E-state index is 0.0739. The molecule has 6 nitrogen and oxygen atoms in total. The monoisotopic (exact) mass is 364 g/mol. The Hall–Kier alpha value is -2.38. The van der Waals surface area contributed by atoms with Crippen molar-refractivity contribution in [2.24, 2.45) is 0 Å². The van der Waals surface area contributed by atoms with Gasteiger partial charge in [-0.1, -0.05) is 16.8 Å². The lowest BCUT2D eigenvalue weighted by atomic mass is 10.2. The van der Waals surface area contributed by atoms with Crippen LogP contribution in [0.25, 0.3) is 11.4 Å². The molecule has 0 aliphatic heterocycles. The highest BCUT2D eigenvalue weighted by Crippen LogP contribution is 2.25. The zero-order chi connectivity index (χ0) is 17.3. The van der Waals surface area contributed by atoms with Gasteiger partial charge in [0.2, 0.25) is 11.7 Å². The second-order valence-electron chi connectivity index (χ2n) is 5.11. The van der Waals surface area contributed by atoms with Gasteiger partial charge < -0.3 is 8.71 Å². The fourth-order valence-electron chi connectivity index (χ4n) is 2.14. The van der Waals surface area contributed by atoms with Gasteiger partial charge in [0.05, 0.1) is 0 Å². The Balaban J connectivity index is 1.85. The van der Waals surface area contributed by atoms with Crippen molar-refractivity contribution >= 4 is 21.7 Å². The maximum atomic E-state index is 12.4. The third-order valence-corrected chi connectivity index (χ3v) is 4.90. The molecule has 24 heavy (non-hydrogen) atoms. The van der Waals surface area contributed by atoms with Crippen LogP contribution in [0.3, 0.4) is 0 Å². The molecular formula is C16H13ClN2O4S. The molecule has 0 bridgehead atoms. The number of hydrogen-bond donors (Lipinski definition) is 0. The number of aryl methyl sites for hydroxylation is 2. The molecule has 0 aliphatic carbocycles. The van der Waals surface area contributed by atoms with E-state index < -0.39 is 10.1 Å². The van der Waals surface area contributed by atoms with Crippen LogP contribution in [-0.2, 0) is 10.1 Å². The first-order valence-corrected chi connectivity index (χ1v) is 8.75. The molecule has 0 radical (unpaired) electrons. The molecule has 1 heterocycles. The van der Waals surface area contributed by atoms with E-state index in [1.165, 1.54) is 24.3 Å². The first-order chi connectivity index (χ1) is 11.3. The molecule has 0 fully saturated rings. The van der Waals surface area contributed by atoms with Gasteiger partial charge in [0.25, 0.3) is 0 Å². The van der Waals surface area contributed by atoms with Crippen LogP contribution in [0.4, 0.5) is 0 Å². The molecule has 0 amide bonds. The Bertz CT molecular complexity index is 982. The van der Waals surface area contributed by atoms with E-state index in [0.717, 1.165) is 0 Å². The third kappa shape index (κ3) is 3.42. The second-order valence-corrected chi connectivity index (χ2v) is 7.06. The summed E-state index contributed by atoms with van der Waals surface area (Å²) >= 11 is 5.85. The Morgan fingerprint density at radius 1 is 1.08 bits per heavy atom. The fraction of sp³-hybridized carbons (Fsp3) is 0.125. The number of hydrogen-bond acceptors (Lipinski definition) is 6. The first-order valence-electron chi connectivity index (χ1n) is 6.96. The molecule has 0 N–H and O–H groups in total. The molecule has 0 spiro atoms. The van der Waals surface area contributed by atoms with Crippen LogP contribution in [0.2, 0.25) is 5.02 Å². The van der Waals surface area contributed by atoms with Crippen LogP contribution >= 0.6 is 11.6 Å². The number of rotatable bonds is 4. The number of nitrogens with zero attached hydrogens (tertiary/aromatic N) is 2. The minimum atomic E-state index is -3.94. The van der Waals surface area contributed by atoms with Gasteiger partial charge in [-0.3, -0.25) is 0 Å². The Morgan fingerprint density at radius 3 is 2.38 bits per heavy atom. The van der Waals surface area contributed by atoms with E-state index in [2.05, 4.69) is 10.1 Å². The standard InChI is InChI=1S/C16H13ClN2O4S/c1-10-9-13(17)5-8-15(10)24(20,21)23-14-6-3-12(4-7-14)16-18-11(2)22-19-16/h3-9H,1-2H3. The average Bonchev–Trinajstić information content (AvgIpc) is 2.93. The van der Waals surface area contributed by atoms with Crippen molar-refractivity contribution in [3.05, 3.63) is 58.9 Å². The summed E-state index contributed by atoms with van der Waals surface area (Å²) in [5.41, 5.74) is 1.21. The third-order valence-electron chi connectivity index (χ3n) is 3.25. The molecule has 0 unspecified atom stereocenters. The Morgan fingerprint density at radius 2 is 1.79 bits per heavy atom. The molecule has 0 saturated heterocycles. The van der Waals surface area contributed by atoms with E-state index in [9.17, 15) is 8.42 Å². The lowest BCUT2D eigenvalue weighted by Crippen LogP contribution is -2.11. The molecule has 3 aromatic rings. The van der Waals surface area contributed by atoms with Crippen LogP contribution in [0, 0.1) is 13.8 Å². The largest absolute Gasteiger partial charge is 0.379 e. The summed E-state index contributed by atoms with van der Waals surface area (Å²) in [6, 6.07) is 10.9. The summed E-state index contributed by atoms with van der Waals surface area (Å²) < 4.78 is 34.9. The van der Waals surface area contributed by atoms with Crippen LogP contribution in [0.1, 0.15) is 11.5 Å². The molecule has 124 valence electrons. The molecule has 0 saturated carbocycles. The Kier molecular flexibility index (Phi) is 4.29. The van der Waals surface area contributed by atoms with Gasteiger partial charge in [-0.05, 0) is 55.0 Å². The van der Waals surface area contributed by atoms with Crippen LogP contribution in [0.5, 0.6) is 5.75 Å². The molecule has 0 atom stereocenters. The van der Waals surface area contributed by atoms with Crippen molar-refractivity contribution in [3.8, 4) is 17.1 Å². The van der Waals surface area contributed by atoms with Gasteiger partial charge in [0, 0.05) is 17.5 Å². The average molecular weight is 365 g/mol. The SMILES string of the molecule is Cc1nc(-c2ccc(OS(=O)(=O)c3ccc(Cl)cc3C)cc2)no1. The van der Waals surface area contributed by atoms with E-state index in [1.807, 2.05) is 0 Å². The van der Waals surface area contributed by atoms with E-state index in [0.29, 0.717) is 27.9 Å². The number of halogens is 1. The molecular weight excluding hydrogens is 352 g/mol. The highest BCUT2D eigenvalue weighted by Gasteiger charge is 2.19. The zero-order valence-electron chi connectivity index (χ0n) is 12.9. The summed E-state index contributed by atoms with van der Waals surface area (Å²) in [5.74, 6) is 1.06. The molecule has 2 aromatic carbocycles. The predicted octanol–water partition coefficient (Wildman–Crippen LogP) is 3.77. The summed E-state index contributed by atoms with van der Waals surface area (Å²) in [6.45, 7) is 3.35. The molecule has 8 heteroatoms. The first kappa shape index (κ1) is 16.5. The predicted molar refractivity (Wildman–Crippen MR) is 88.5 cm³/mol. The molecule has 0 aliphatic rings. The van der Waals surface area contributed by atoms with Crippen LogP contribution in [0.15, 0.2) is 51.9 Å². The van der Waals surface area contributed by atoms with E-state index in [1.54, 1.807) is 32.0 Å². The second kappa shape index (κ2) is 6.26. The van der Waals surface area contributed by atoms with Gasteiger partial charge in [-0.2, -0.15) is 13.4 Å². The van der Waals surface area contributed by atoms with Gasteiger partial charge >= 0.3 is 10.1 Å². The highest BCUT2D eigenvalue weighted by atomic mass is 35.5. The van der Waals surface area contributed by atoms with Crippen LogP contribution in [-0.4, -0.2) is 18.6 Å². The Labute approximate surface area is 144 Å². The fourth-order valence-corrected chi connectivity index (χ4v) is 3.51. The van der Waals surface area contributed by atoms with Gasteiger partial charge in [0.15, 0.2) is 0 Å². The van der Waals surface area contributed by atoms with Crippen molar-refractivity contribution in [3.63, 3.8) is 0 Å². The van der Waals surface area contributed by atoms with Gasteiger partial charge in [-0.15, -0.1) is 0 Å². The lowest BCUT2D eigenvalue weighted by Gasteiger charge is -2.09. The number of benzene rings is 2. The van der Waals surface area contributed by atoms with Crippen molar-refractivity contribution < 1.29 is 17.1 Å².